The van der Waals surface area contributed by atoms with Crippen molar-refractivity contribution < 1.29 is 17.9 Å². The molecule has 0 bridgehead atoms. The number of halogens is 3. The van der Waals surface area contributed by atoms with E-state index in [4.69, 9.17) is 4.74 Å². The number of pyridine rings is 1. The first-order chi connectivity index (χ1) is 11.5. The number of likely N-dealkylation sites (tertiary alicyclic amines) is 1. The lowest BCUT2D eigenvalue weighted by molar-refractivity contribution is -0.137. The second kappa shape index (κ2) is 6.81. The first-order valence-electron chi connectivity index (χ1n) is 7.83. The molecule has 1 aliphatic rings. The van der Waals surface area contributed by atoms with Gasteiger partial charge in [0.1, 0.15) is 5.75 Å². The molecule has 1 unspecified atom stereocenters. The largest absolute Gasteiger partial charge is 0.497 e. The molecule has 0 radical (unpaired) electrons. The van der Waals surface area contributed by atoms with Crippen molar-refractivity contribution in [2.45, 2.75) is 25.1 Å². The summed E-state index contributed by atoms with van der Waals surface area (Å²) in [5.41, 5.74) is 1.16. The van der Waals surface area contributed by atoms with Gasteiger partial charge >= 0.3 is 6.18 Å². The molecule has 1 aliphatic heterocycles. The van der Waals surface area contributed by atoms with Crippen LogP contribution in [0.25, 0.3) is 0 Å². The molecule has 3 rings (SSSR count). The van der Waals surface area contributed by atoms with Crippen LogP contribution in [0.5, 0.6) is 5.75 Å². The number of hydrogen-bond acceptors (Lipinski definition) is 3. The summed E-state index contributed by atoms with van der Waals surface area (Å²) < 4.78 is 43.6. The molecule has 6 heteroatoms. The Bertz CT molecular complexity index is 685. The van der Waals surface area contributed by atoms with Crippen LogP contribution >= 0.6 is 0 Å². The predicted molar refractivity (Wildman–Crippen MR) is 84.9 cm³/mol. The standard InChI is InChI=1S/C18H19F3N2O/c1-24-17-4-2-13(3-5-17)11-23-7-6-14(12-23)15-8-16(10-22-9-15)18(19,20)21/h2-5,8-10,14H,6-7,11-12H2,1H3. The van der Waals surface area contributed by atoms with E-state index in [9.17, 15) is 13.2 Å². The molecule has 0 saturated carbocycles. The van der Waals surface area contributed by atoms with Crippen LogP contribution in [0.4, 0.5) is 13.2 Å². The van der Waals surface area contributed by atoms with Gasteiger partial charge in [0.15, 0.2) is 0 Å². The van der Waals surface area contributed by atoms with Crippen molar-refractivity contribution in [3.05, 3.63) is 59.4 Å². The lowest BCUT2D eigenvalue weighted by Crippen LogP contribution is -2.19. The molecule has 2 heterocycles. The van der Waals surface area contributed by atoms with Gasteiger partial charge in [0.2, 0.25) is 0 Å². The minimum Gasteiger partial charge on any atom is -0.497 e. The molecule has 1 aromatic carbocycles. The van der Waals surface area contributed by atoms with Gasteiger partial charge in [0, 0.05) is 25.5 Å². The Balaban J connectivity index is 1.64. The Hall–Kier alpha value is -2.08. The van der Waals surface area contributed by atoms with Crippen LogP contribution in [0.2, 0.25) is 0 Å². The lowest BCUT2D eigenvalue weighted by atomic mass is 9.99. The van der Waals surface area contributed by atoms with Gasteiger partial charge in [-0.2, -0.15) is 13.2 Å². The van der Waals surface area contributed by atoms with Crippen molar-refractivity contribution in [2.24, 2.45) is 0 Å². The van der Waals surface area contributed by atoms with Crippen LogP contribution in [0.1, 0.15) is 29.0 Å². The van der Waals surface area contributed by atoms with E-state index in [0.717, 1.165) is 38.0 Å². The van der Waals surface area contributed by atoms with Gasteiger partial charge in [-0.1, -0.05) is 12.1 Å². The number of methoxy groups -OCH3 is 1. The third-order valence-electron chi connectivity index (χ3n) is 4.40. The maximum absolute atomic E-state index is 12.8. The van der Waals surface area contributed by atoms with E-state index in [1.54, 1.807) is 13.3 Å². The van der Waals surface area contributed by atoms with Crippen molar-refractivity contribution in [3.8, 4) is 5.75 Å². The van der Waals surface area contributed by atoms with E-state index in [1.165, 1.54) is 11.6 Å². The summed E-state index contributed by atoms with van der Waals surface area (Å²) in [4.78, 5) is 6.03. The summed E-state index contributed by atoms with van der Waals surface area (Å²) in [5, 5.41) is 0. The fourth-order valence-corrected chi connectivity index (χ4v) is 3.07. The fourth-order valence-electron chi connectivity index (χ4n) is 3.07. The zero-order valence-corrected chi connectivity index (χ0v) is 13.4. The molecule has 0 N–H and O–H groups in total. The third-order valence-corrected chi connectivity index (χ3v) is 4.40. The van der Waals surface area contributed by atoms with Crippen LogP contribution in [0, 0.1) is 0 Å². The van der Waals surface area contributed by atoms with Crippen LogP contribution in [0.15, 0.2) is 42.7 Å². The normalized spacial score (nSPS) is 18.8. The van der Waals surface area contributed by atoms with Gasteiger partial charge in [0.25, 0.3) is 0 Å². The quantitative estimate of drug-likeness (QED) is 0.841. The number of aromatic nitrogens is 1. The number of ether oxygens (including phenoxy) is 1. The number of rotatable bonds is 4. The van der Waals surface area contributed by atoms with E-state index >= 15 is 0 Å². The van der Waals surface area contributed by atoms with E-state index in [1.807, 2.05) is 24.3 Å². The van der Waals surface area contributed by atoms with Crippen molar-refractivity contribution in [2.75, 3.05) is 20.2 Å². The Morgan fingerprint density at radius 1 is 1.21 bits per heavy atom. The molecule has 24 heavy (non-hydrogen) atoms. The minimum absolute atomic E-state index is 0.0954. The second-order valence-corrected chi connectivity index (χ2v) is 6.07. The van der Waals surface area contributed by atoms with Crippen molar-refractivity contribution >= 4 is 0 Å². The first kappa shape index (κ1) is 16.8. The van der Waals surface area contributed by atoms with E-state index in [2.05, 4.69) is 9.88 Å². The Labute approximate surface area is 139 Å². The van der Waals surface area contributed by atoms with E-state index < -0.39 is 11.7 Å². The number of hydrogen-bond donors (Lipinski definition) is 0. The molecule has 2 aromatic rings. The number of nitrogens with zero attached hydrogens (tertiary/aromatic N) is 2. The monoisotopic (exact) mass is 336 g/mol. The highest BCUT2D eigenvalue weighted by molar-refractivity contribution is 5.28. The number of benzene rings is 1. The van der Waals surface area contributed by atoms with Crippen LogP contribution < -0.4 is 4.74 Å². The average Bonchev–Trinajstić information content (AvgIpc) is 3.03. The van der Waals surface area contributed by atoms with Gasteiger partial charge in [-0.05, 0) is 48.2 Å². The third kappa shape index (κ3) is 3.87. The lowest BCUT2D eigenvalue weighted by Gasteiger charge is -2.17. The van der Waals surface area contributed by atoms with Gasteiger partial charge in [0.05, 0.1) is 12.7 Å². The Kier molecular flexibility index (Phi) is 4.76. The summed E-state index contributed by atoms with van der Waals surface area (Å²) in [7, 11) is 1.63. The molecule has 1 aromatic heterocycles. The second-order valence-electron chi connectivity index (χ2n) is 6.07. The summed E-state index contributed by atoms with van der Waals surface area (Å²) in [5.74, 6) is 0.908. The van der Waals surface area contributed by atoms with Gasteiger partial charge in [-0.25, -0.2) is 0 Å². The predicted octanol–water partition coefficient (Wildman–Crippen LogP) is 4.10. The molecular formula is C18H19F3N2O. The molecule has 1 fully saturated rings. The van der Waals surface area contributed by atoms with Crippen molar-refractivity contribution in [1.82, 2.24) is 9.88 Å². The Morgan fingerprint density at radius 3 is 2.62 bits per heavy atom. The summed E-state index contributed by atoms with van der Waals surface area (Å²) in [6, 6.07) is 9.09. The maximum Gasteiger partial charge on any atom is 0.417 e. The zero-order valence-electron chi connectivity index (χ0n) is 13.4. The van der Waals surface area contributed by atoms with E-state index in [0.29, 0.717) is 5.56 Å². The van der Waals surface area contributed by atoms with Crippen LogP contribution in [0.3, 0.4) is 0 Å². The fraction of sp³-hybridized carbons (Fsp3) is 0.389. The molecule has 0 amide bonds. The molecule has 0 spiro atoms. The van der Waals surface area contributed by atoms with Gasteiger partial charge < -0.3 is 4.74 Å². The molecular weight excluding hydrogens is 317 g/mol. The topological polar surface area (TPSA) is 25.4 Å². The summed E-state index contributed by atoms with van der Waals surface area (Å²) in [6.45, 7) is 2.40. The molecule has 128 valence electrons. The maximum atomic E-state index is 12.8. The zero-order chi connectivity index (χ0) is 17.2. The summed E-state index contributed by atoms with van der Waals surface area (Å²) >= 11 is 0. The highest BCUT2D eigenvalue weighted by Crippen LogP contribution is 2.33. The molecule has 3 nitrogen and oxygen atoms in total. The smallest absolute Gasteiger partial charge is 0.417 e. The van der Waals surface area contributed by atoms with Crippen molar-refractivity contribution in [1.29, 1.82) is 0 Å². The average molecular weight is 336 g/mol. The SMILES string of the molecule is COc1ccc(CN2CCC(c3cncc(C(F)(F)F)c3)C2)cc1. The highest BCUT2D eigenvalue weighted by atomic mass is 19.4. The molecule has 1 saturated heterocycles. The van der Waals surface area contributed by atoms with Crippen LogP contribution in [-0.2, 0) is 12.7 Å². The Morgan fingerprint density at radius 2 is 1.96 bits per heavy atom. The number of alkyl halides is 3. The molecule has 0 aliphatic carbocycles. The van der Waals surface area contributed by atoms with Gasteiger partial charge in [-0.15, -0.1) is 0 Å². The highest BCUT2D eigenvalue weighted by Gasteiger charge is 2.32. The van der Waals surface area contributed by atoms with E-state index in [-0.39, 0.29) is 5.92 Å². The first-order valence-corrected chi connectivity index (χ1v) is 7.83. The van der Waals surface area contributed by atoms with Gasteiger partial charge in [-0.3, -0.25) is 9.88 Å². The van der Waals surface area contributed by atoms with Crippen LogP contribution in [-0.4, -0.2) is 30.1 Å². The minimum atomic E-state index is -4.34. The van der Waals surface area contributed by atoms with Crippen molar-refractivity contribution in [3.63, 3.8) is 0 Å². The summed E-state index contributed by atoms with van der Waals surface area (Å²) in [6.07, 6.45) is -1.06. The molecule has 1 atom stereocenters.